The molecule has 1 saturated heterocycles. The zero-order valence-corrected chi connectivity index (χ0v) is 13.7. The largest absolute Gasteiger partial charge is 0.480 e. The minimum atomic E-state index is -0.0423. The molecule has 0 saturated carbocycles. The number of carbonyl (C=O) groups excluding carboxylic acids is 1. The molecular formula is C17H21N5O2. The Balaban J connectivity index is 1.57. The van der Waals surface area contributed by atoms with Crippen molar-refractivity contribution < 1.29 is 9.53 Å². The van der Waals surface area contributed by atoms with Crippen LogP contribution in [-0.2, 0) is 11.3 Å². The fourth-order valence-corrected chi connectivity index (χ4v) is 2.83. The lowest BCUT2D eigenvalue weighted by Crippen LogP contribution is -2.43. The number of aromatic nitrogens is 3. The predicted molar refractivity (Wildman–Crippen MR) is 89.6 cm³/mol. The molecule has 1 aliphatic heterocycles. The summed E-state index contributed by atoms with van der Waals surface area (Å²) < 4.78 is 5.03. The van der Waals surface area contributed by atoms with Crippen molar-refractivity contribution in [3.8, 4) is 5.88 Å². The first kappa shape index (κ1) is 16.2. The summed E-state index contributed by atoms with van der Waals surface area (Å²) in [7, 11) is 1.56. The van der Waals surface area contributed by atoms with Gasteiger partial charge >= 0.3 is 0 Å². The summed E-state index contributed by atoms with van der Waals surface area (Å²) in [4.78, 5) is 18.6. The van der Waals surface area contributed by atoms with E-state index in [9.17, 15) is 4.79 Å². The van der Waals surface area contributed by atoms with Crippen LogP contribution in [0.25, 0.3) is 0 Å². The van der Waals surface area contributed by atoms with E-state index in [0.717, 1.165) is 30.8 Å². The molecule has 0 aliphatic carbocycles. The highest BCUT2D eigenvalue weighted by molar-refractivity contribution is 5.79. The zero-order chi connectivity index (χ0) is 16.8. The third-order valence-electron chi connectivity index (χ3n) is 4.14. The van der Waals surface area contributed by atoms with Crippen LogP contribution in [0.2, 0.25) is 0 Å². The Bertz CT molecular complexity index is 662. The molecule has 7 heteroatoms. The van der Waals surface area contributed by atoms with E-state index in [0.29, 0.717) is 19.0 Å². The summed E-state index contributed by atoms with van der Waals surface area (Å²) in [6.45, 7) is 2.04. The fraction of sp³-hybridized carbons (Fsp3) is 0.412. The number of ether oxygens (including phenoxy) is 1. The second kappa shape index (κ2) is 7.72. The molecule has 1 fully saturated rings. The number of nitrogens with zero attached hydrogens (tertiary/aromatic N) is 4. The summed E-state index contributed by atoms with van der Waals surface area (Å²) in [5, 5.41) is 11.2. The standard InChI is InChI=1S/C17H21N5O2/c1-24-16-7-6-15(20-21-16)22-9-3-5-14(12-22)17(23)19-11-13-4-2-8-18-10-13/h2,4,6-8,10,14H,3,5,9,11-12H2,1H3,(H,19,23)/t14-/m1/s1. The van der Waals surface area contributed by atoms with Gasteiger partial charge in [-0.1, -0.05) is 6.07 Å². The Kier molecular flexibility index (Phi) is 5.20. The van der Waals surface area contributed by atoms with Gasteiger partial charge in [0.05, 0.1) is 13.0 Å². The molecule has 0 spiro atoms. The Morgan fingerprint density at radius 3 is 3.00 bits per heavy atom. The summed E-state index contributed by atoms with van der Waals surface area (Å²) in [6, 6.07) is 7.48. The maximum absolute atomic E-state index is 12.4. The first-order valence-corrected chi connectivity index (χ1v) is 8.05. The van der Waals surface area contributed by atoms with Crippen LogP contribution >= 0.6 is 0 Å². The Labute approximate surface area is 141 Å². The van der Waals surface area contributed by atoms with E-state index in [1.165, 1.54) is 0 Å². The van der Waals surface area contributed by atoms with E-state index in [4.69, 9.17) is 4.74 Å². The predicted octanol–water partition coefficient (Wildman–Crippen LogP) is 1.41. The highest BCUT2D eigenvalue weighted by atomic mass is 16.5. The number of amides is 1. The first-order chi connectivity index (χ1) is 11.8. The second-order valence-electron chi connectivity index (χ2n) is 5.80. The minimum Gasteiger partial charge on any atom is -0.480 e. The highest BCUT2D eigenvalue weighted by Gasteiger charge is 2.26. The Morgan fingerprint density at radius 1 is 1.38 bits per heavy atom. The molecule has 2 aromatic rings. The monoisotopic (exact) mass is 327 g/mol. The van der Waals surface area contributed by atoms with Crippen LogP contribution < -0.4 is 15.0 Å². The van der Waals surface area contributed by atoms with Gasteiger partial charge in [0.2, 0.25) is 11.8 Å². The quantitative estimate of drug-likeness (QED) is 0.894. The van der Waals surface area contributed by atoms with Crippen molar-refractivity contribution in [2.75, 3.05) is 25.1 Å². The van der Waals surface area contributed by atoms with Gasteiger partial charge in [-0.2, -0.15) is 0 Å². The summed E-state index contributed by atoms with van der Waals surface area (Å²) in [6.07, 6.45) is 5.33. The number of anilines is 1. The molecule has 0 unspecified atom stereocenters. The molecule has 3 rings (SSSR count). The number of hydrogen-bond donors (Lipinski definition) is 1. The van der Waals surface area contributed by atoms with Crippen molar-refractivity contribution in [2.45, 2.75) is 19.4 Å². The van der Waals surface area contributed by atoms with Crippen LogP contribution in [0.4, 0.5) is 5.82 Å². The van der Waals surface area contributed by atoms with Gasteiger partial charge in [0.25, 0.3) is 0 Å². The highest BCUT2D eigenvalue weighted by Crippen LogP contribution is 2.22. The van der Waals surface area contributed by atoms with Crippen molar-refractivity contribution >= 4 is 11.7 Å². The van der Waals surface area contributed by atoms with Gasteiger partial charge in [-0.05, 0) is 30.5 Å². The number of rotatable bonds is 5. The van der Waals surface area contributed by atoms with Crippen LogP contribution in [-0.4, -0.2) is 41.3 Å². The molecule has 1 aliphatic rings. The van der Waals surface area contributed by atoms with E-state index in [1.807, 2.05) is 18.2 Å². The fourth-order valence-electron chi connectivity index (χ4n) is 2.83. The third-order valence-corrected chi connectivity index (χ3v) is 4.14. The van der Waals surface area contributed by atoms with Gasteiger partial charge in [-0.3, -0.25) is 9.78 Å². The van der Waals surface area contributed by atoms with Gasteiger partial charge in [0.1, 0.15) is 0 Å². The average molecular weight is 327 g/mol. The first-order valence-electron chi connectivity index (χ1n) is 8.05. The minimum absolute atomic E-state index is 0.0423. The zero-order valence-electron chi connectivity index (χ0n) is 13.7. The van der Waals surface area contributed by atoms with E-state index >= 15 is 0 Å². The number of piperidine rings is 1. The number of nitrogens with one attached hydrogen (secondary N) is 1. The van der Waals surface area contributed by atoms with E-state index in [-0.39, 0.29) is 11.8 Å². The number of methoxy groups -OCH3 is 1. The smallest absolute Gasteiger partial charge is 0.233 e. The van der Waals surface area contributed by atoms with Gasteiger partial charge in [0.15, 0.2) is 5.82 Å². The maximum atomic E-state index is 12.4. The van der Waals surface area contributed by atoms with Crippen LogP contribution in [0, 0.1) is 5.92 Å². The molecule has 2 aromatic heterocycles. The SMILES string of the molecule is COc1ccc(N2CCC[C@@H](C(=O)NCc3cccnc3)C2)nn1. The summed E-state index contributed by atoms with van der Waals surface area (Å²) in [5.41, 5.74) is 1.000. The summed E-state index contributed by atoms with van der Waals surface area (Å²) >= 11 is 0. The van der Waals surface area contributed by atoms with Crippen LogP contribution in [0.5, 0.6) is 5.88 Å². The molecule has 0 radical (unpaired) electrons. The van der Waals surface area contributed by atoms with Crippen molar-refractivity contribution in [2.24, 2.45) is 5.92 Å². The molecule has 3 heterocycles. The number of hydrogen-bond acceptors (Lipinski definition) is 6. The Hall–Kier alpha value is -2.70. The average Bonchev–Trinajstić information content (AvgIpc) is 2.67. The third kappa shape index (κ3) is 3.98. The van der Waals surface area contributed by atoms with Gasteiger partial charge in [-0.15, -0.1) is 10.2 Å². The van der Waals surface area contributed by atoms with Crippen LogP contribution in [0.1, 0.15) is 18.4 Å². The molecule has 0 aromatic carbocycles. The molecule has 1 atom stereocenters. The number of carbonyl (C=O) groups is 1. The lowest BCUT2D eigenvalue weighted by molar-refractivity contribution is -0.125. The number of pyridine rings is 1. The van der Waals surface area contributed by atoms with Crippen molar-refractivity contribution in [3.05, 3.63) is 42.2 Å². The van der Waals surface area contributed by atoms with Crippen LogP contribution in [0.15, 0.2) is 36.7 Å². The van der Waals surface area contributed by atoms with Crippen molar-refractivity contribution in [1.29, 1.82) is 0 Å². The van der Waals surface area contributed by atoms with Gasteiger partial charge < -0.3 is 15.0 Å². The van der Waals surface area contributed by atoms with E-state index in [2.05, 4.69) is 25.4 Å². The molecular weight excluding hydrogens is 306 g/mol. The van der Waals surface area contributed by atoms with E-state index in [1.54, 1.807) is 25.6 Å². The molecule has 1 N–H and O–H groups in total. The Morgan fingerprint density at radius 2 is 2.29 bits per heavy atom. The molecule has 0 bridgehead atoms. The lowest BCUT2D eigenvalue weighted by Gasteiger charge is -2.32. The van der Waals surface area contributed by atoms with E-state index < -0.39 is 0 Å². The van der Waals surface area contributed by atoms with Crippen molar-refractivity contribution in [1.82, 2.24) is 20.5 Å². The van der Waals surface area contributed by atoms with Gasteiger partial charge in [0, 0.05) is 38.1 Å². The normalized spacial score (nSPS) is 17.4. The van der Waals surface area contributed by atoms with Crippen LogP contribution in [0.3, 0.4) is 0 Å². The van der Waals surface area contributed by atoms with Crippen molar-refractivity contribution in [3.63, 3.8) is 0 Å². The maximum Gasteiger partial charge on any atom is 0.233 e. The molecule has 7 nitrogen and oxygen atoms in total. The second-order valence-corrected chi connectivity index (χ2v) is 5.80. The lowest BCUT2D eigenvalue weighted by atomic mass is 9.97. The van der Waals surface area contributed by atoms with Gasteiger partial charge in [-0.25, -0.2) is 0 Å². The topological polar surface area (TPSA) is 80.2 Å². The summed E-state index contributed by atoms with van der Waals surface area (Å²) in [5.74, 6) is 1.30. The molecule has 126 valence electrons. The molecule has 1 amide bonds. The molecule has 24 heavy (non-hydrogen) atoms.